The monoisotopic (exact) mass is 129 g/mol. The lowest BCUT2D eigenvalue weighted by atomic mass is 10.3. The maximum absolute atomic E-state index is 9.69. The van der Waals surface area contributed by atoms with E-state index in [1.54, 1.807) is 6.67 Å². The zero-order chi connectivity index (χ0) is 7.11. The third-order valence-electron chi connectivity index (χ3n) is 1.13. The summed E-state index contributed by atoms with van der Waals surface area (Å²) in [6, 6.07) is 0.428. The first-order chi connectivity index (χ1) is 4.31. The van der Waals surface area contributed by atoms with Crippen molar-refractivity contribution >= 4 is 6.41 Å². The molecule has 0 aliphatic rings. The van der Waals surface area contributed by atoms with Gasteiger partial charge in [0.2, 0.25) is 6.41 Å². The third-order valence-corrected chi connectivity index (χ3v) is 1.13. The molecule has 0 bridgehead atoms. The van der Waals surface area contributed by atoms with Gasteiger partial charge in [0.1, 0.15) is 6.67 Å². The van der Waals surface area contributed by atoms with Crippen LogP contribution < -0.4 is 10.6 Å². The number of amides is 1. The minimum Gasteiger partial charge on any atom is -0.340 e. The SMILES string of the molecule is CCC(C)N[CH]NC=O. The van der Waals surface area contributed by atoms with Crippen LogP contribution in [0.1, 0.15) is 20.3 Å². The number of carbonyl (C=O) groups is 1. The first kappa shape index (κ1) is 8.43. The Morgan fingerprint density at radius 1 is 1.67 bits per heavy atom. The molecular formula is C6H13N2O. The van der Waals surface area contributed by atoms with Crippen LogP contribution in [-0.2, 0) is 4.79 Å². The number of hydrogen-bond acceptors (Lipinski definition) is 2. The van der Waals surface area contributed by atoms with Gasteiger partial charge in [-0.15, -0.1) is 0 Å². The molecule has 0 aliphatic heterocycles. The Labute approximate surface area is 55.8 Å². The van der Waals surface area contributed by atoms with Crippen LogP contribution >= 0.6 is 0 Å². The Balaban J connectivity index is 2.96. The van der Waals surface area contributed by atoms with Crippen LogP contribution in [0.15, 0.2) is 0 Å². The smallest absolute Gasteiger partial charge is 0.208 e. The lowest BCUT2D eigenvalue weighted by Crippen LogP contribution is -2.29. The van der Waals surface area contributed by atoms with E-state index in [1.807, 2.05) is 6.92 Å². The molecular weight excluding hydrogens is 116 g/mol. The molecule has 9 heavy (non-hydrogen) atoms. The van der Waals surface area contributed by atoms with Gasteiger partial charge >= 0.3 is 0 Å². The average Bonchev–Trinajstić information content (AvgIpc) is 1.89. The summed E-state index contributed by atoms with van der Waals surface area (Å²) in [5, 5.41) is 5.36. The summed E-state index contributed by atoms with van der Waals surface area (Å²) >= 11 is 0. The highest BCUT2D eigenvalue weighted by Crippen LogP contribution is 1.85. The molecule has 1 unspecified atom stereocenters. The molecule has 1 amide bonds. The second-order valence-electron chi connectivity index (χ2n) is 1.90. The second-order valence-corrected chi connectivity index (χ2v) is 1.90. The Morgan fingerprint density at radius 3 is 2.78 bits per heavy atom. The van der Waals surface area contributed by atoms with Gasteiger partial charge in [-0.3, -0.25) is 10.1 Å². The van der Waals surface area contributed by atoms with Gasteiger partial charge in [0.15, 0.2) is 0 Å². The van der Waals surface area contributed by atoms with Crippen LogP contribution in [0.5, 0.6) is 0 Å². The van der Waals surface area contributed by atoms with Gasteiger partial charge in [0.25, 0.3) is 0 Å². The second kappa shape index (κ2) is 5.56. The highest BCUT2D eigenvalue weighted by Gasteiger charge is 1.93. The highest BCUT2D eigenvalue weighted by molar-refractivity contribution is 5.46. The summed E-state index contributed by atoms with van der Waals surface area (Å²) in [4.78, 5) is 9.69. The van der Waals surface area contributed by atoms with Crippen LogP contribution in [0.4, 0.5) is 0 Å². The molecule has 0 rings (SSSR count). The zero-order valence-electron chi connectivity index (χ0n) is 5.85. The number of nitrogens with one attached hydrogen (secondary N) is 2. The average molecular weight is 129 g/mol. The van der Waals surface area contributed by atoms with Gasteiger partial charge in [0, 0.05) is 6.04 Å². The summed E-state index contributed by atoms with van der Waals surface area (Å²) in [7, 11) is 0. The molecule has 1 radical (unpaired) electrons. The Hall–Kier alpha value is -0.570. The molecule has 0 heterocycles. The summed E-state index contributed by atoms with van der Waals surface area (Å²) in [5.41, 5.74) is 0. The minimum absolute atomic E-state index is 0.428. The molecule has 0 fully saturated rings. The number of hydrogen-bond donors (Lipinski definition) is 2. The maximum atomic E-state index is 9.69. The van der Waals surface area contributed by atoms with Crippen molar-refractivity contribution in [2.24, 2.45) is 0 Å². The van der Waals surface area contributed by atoms with Crippen molar-refractivity contribution in [2.45, 2.75) is 26.3 Å². The van der Waals surface area contributed by atoms with Crippen LogP contribution in [0.2, 0.25) is 0 Å². The normalized spacial score (nSPS) is 12.7. The van der Waals surface area contributed by atoms with Gasteiger partial charge in [-0.25, -0.2) is 0 Å². The van der Waals surface area contributed by atoms with Crippen LogP contribution in [0.25, 0.3) is 0 Å². The molecule has 2 N–H and O–H groups in total. The van der Waals surface area contributed by atoms with Crippen molar-refractivity contribution in [2.75, 3.05) is 0 Å². The molecule has 53 valence electrons. The molecule has 1 atom stereocenters. The number of carbonyl (C=O) groups excluding carboxylic acids is 1. The van der Waals surface area contributed by atoms with Crippen LogP contribution in [0, 0.1) is 6.67 Å². The van der Waals surface area contributed by atoms with Gasteiger partial charge in [-0.2, -0.15) is 0 Å². The maximum Gasteiger partial charge on any atom is 0.208 e. The molecule has 0 spiro atoms. The van der Waals surface area contributed by atoms with E-state index in [2.05, 4.69) is 17.6 Å². The summed E-state index contributed by atoms with van der Waals surface area (Å²) < 4.78 is 0. The standard InChI is InChI=1S/C6H13N2O/c1-3-6(2)8-4-7-5-9/h4-6,8H,3H2,1-2H3,(H,7,9). The summed E-state index contributed by atoms with van der Waals surface area (Å²) in [6.45, 7) is 5.66. The van der Waals surface area contributed by atoms with E-state index in [1.165, 1.54) is 0 Å². The lowest BCUT2D eigenvalue weighted by molar-refractivity contribution is -0.109. The first-order valence-electron chi connectivity index (χ1n) is 3.08. The molecule has 0 saturated carbocycles. The molecule has 0 aromatic carbocycles. The topological polar surface area (TPSA) is 41.1 Å². The van der Waals surface area contributed by atoms with E-state index in [9.17, 15) is 4.79 Å². The van der Waals surface area contributed by atoms with E-state index in [4.69, 9.17) is 0 Å². The molecule has 0 aromatic heterocycles. The third kappa shape index (κ3) is 5.30. The molecule has 0 aromatic rings. The number of rotatable bonds is 5. The van der Waals surface area contributed by atoms with Crippen LogP contribution in [0.3, 0.4) is 0 Å². The fourth-order valence-electron chi connectivity index (χ4n) is 0.342. The summed E-state index contributed by atoms with van der Waals surface area (Å²) in [6.07, 6.45) is 1.69. The summed E-state index contributed by atoms with van der Waals surface area (Å²) in [5.74, 6) is 0. The van der Waals surface area contributed by atoms with Crippen molar-refractivity contribution < 1.29 is 4.79 Å². The van der Waals surface area contributed by atoms with Gasteiger partial charge < -0.3 is 5.32 Å². The van der Waals surface area contributed by atoms with Gasteiger partial charge in [0.05, 0.1) is 0 Å². The first-order valence-corrected chi connectivity index (χ1v) is 3.08. The van der Waals surface area contributed by atoms with Crippen molar-refractivity contribution in [3.63, 3.8) is 0 Å². The predicted molar refractivity (Wildman–Crippen MR) is 36.4 cm³/mol. The molecule has 3 heteroatoms. The zero-order valence-corrected chi connectivity index (χ0v) is 5.85. The van der Waals surface area contributed by atoms with E-state index in [0.717, 1.165) is 6.42 Å². The Bertz CT molecular complexity index is 75.5. The van der Waals surface area contributed by atoms with Crippen molar-refractivity contribution in [1.82, 2.24) is 10.6 Å². The largest absolute Gasteiger partial charge is 0.340 e. The van der Waals surface area contributed by atoms with E-state index in [0.29, 0.717) is 12.5 Å². The van der Waals surface area contributed by atoms with Crippen LogP contribution in [-0.4, -0.2) is 12.5 Å². The Morgan fingerprint density at radius 2 is 2.33 bits per heavy atom. The minimum atomic E-state index is 0.428. The van der Waals surface area contributed by atoms with E-state index in [-0.39, 0.29) is 0 Å². The van der Waals surface area contributed by atoms with E-state index < -0.39 is 0 Å². The van der Waals surface area contributed by atoms with Gasteiger partial charge in [-0.05, 0) is 13.3 Å². The van der Waals surface area contributed by atoms with E-state index >= 15 is 0 Å². The van der Waals surface area contributed by atoms with Gasteiger partial charge in [-0.1, -0.05) is 6.92 Å². The molecule has 0 saturated heterocycles. The van der Waals surface area contributed by atoms with Crippen molar-refractivity contribution in [1.29, 1.82) is 0 Å². The van der Waals surface area contributed by atoms with Crippen molar-refractivity contribution in [3.8, 4) is 0 Å². The fourth-order valence-corrected chi connectivity index (χ4v) is 0.342. The lowest BCUT2D eigenvalue weighted by Gasteiger charge is -2.08. The highest BCUT2D eigenvalue weighted by atomic mass is 16.1. The molecule has 0 aliphatic carbocycles. The molecule has 3 nitrogen and oxygen atoms in total. The van der Waals surface area contributed by atoms with Crippen molar-refractivity contribution in [3.05, 3.63) is 6.67 Å². The predicted octanol–water partition coefficient (Wildman–Crippen LogP) is 0.240. The quantitative estimate of drug-likeness (QED) is 0.412. The fraction of sp³-hybridized carbons (Fsp3) is 0.667. The Kier molecular flexibility index (Phi) is 5.21.